The van der Waals surface area contributed by atoms with Crippen molar-refractivity contribution in [1.82, 2.24) is 9.97 Å². The summed E-state index contributed by atoms with van der Waals surface area (Å²) in [6.07, 6.45) is 6.27. The lowest BCUT2D eigenvalue weighted by Gasteiger charge is -2.31. The molecule has 4 nitrogen and oxygen atoms in total. The van der Waals surface area contributed by atoms with Crippen molar-refractivity contribution in [2.45, 2.75) is 26.3 Å². The monoisotopic (exact) mass is 358 g/mol. The summed E-state index contributed by atoms with van der Waals surface area (Å²) in [6.45, 7) is 5.29. The second kappa shape index (κ2) is 8.21. The highest BCUT2D eigenvalue weighted by Gasteiger charge is 2.17. The fourth-order valence-electron chi connectivity index (χ4n) is 3.50. The van der Waals surface area contributed by atoms with Crippen LogP contribution in [0.3, 0.4) is 0 Å². The highest BCUT2D eigenvalue weighted by molar-refractivity contribution is 5.68. The molecule has 0 spiro atoms. The normalized spacial score (nSPS) is 14.9. The maximum atomic E-state index is 4.61. The molecule has 1 saturated heterocycles. The fourth-order valence-corrected chi connectivity index (χ4v) is 3.50. The summed E-state index contributed by atoms with van der Waals surface area (Å²) in [6, 6.07) is 18.8. The molecule has 4 rings (SSSR count). The number of anilines is 2. The third-order valence-electron chi connectivity index (χ3n) is 5.26. The summed E-state index contributed by atoms with van der Waals surface area (Å²) < 4.78 is 0. The molecule has 1 N–H and O–H groups in total. The van der Waals surface area contributed by atoms with Crippen LogP contribution >= 0.6 is 0 Å². The molecular formula is C23H26N4. The molecule has 0 amide bonds. The summed E-state index contributed by atoms with van der Waals surface area (Å²) in [5.74, 6) is 2.79. The minimum absolute atomic E-state index is 0.769. The maximum Gasteiger partial charge on any atom is 0.129 e. The second-order valence-electron chi connectivity index (χ2n) is 7.34. The van der Waals surface area contributed by atoms with Gasteiger partial charge in [0.2, 0.25) is 0 Å². The molecular weight excluding hydrogens is 332 g/mol. The van der Waals surface area contributed by atoms with Gasteiger partial charge >= 0.3 is 0 Å². The van der Waals surface area contributed by atoms with Gasteiger partial charge in [0.1, 0.15) is 11.6 Å². The third kappa shape index (κ3) is 4.45. The van der Waals surface area contributed by atoms with Gasteiger partial charge in [-0.25, -0.2) is 9.97 Å². The van der Waals surface area contributed by atoms with Gasteiger partial charge in [-0.15, -0.1) is 0 Å². The standard InChI is InChI=1S/C23H26N4/c1-18-9-13-27(14-10-18)23-16-21(8-12-25-23)20-7-11-24-22(15-20)26-17-19-5-3-2-4-6-19/h2-8,11-12,15-16,18H,9-10,13-14,17H2,1H3,(H,24,26). The predicted molar refractivity (Wildman–Crippen MR) is 112 cm³/mol. The zero-order chi connectivity index (χ0) is 18.5. The van der Waals surface area contributed by atoms with Crippen molar-refractivity contribution >= 4 is 11.6 Å². The van der Waals surface area contributed by atoms with Crippen LogP contribution in [0.5, 0.6) is 0 Å². The molecule has 0 atom stereocenters. The second-order valence-corrected chi connectivity index (χ2v) is 7.34. The number of aromatic nitrogens is 2. The zero-order valence-electron chi connectivity index (χ0n) is 15.8. The summed E-state index contributed by atoms with van der Waals surface area (Å²) in [7, 11) is 0. The number of benzene rings is 1. The lowest BCUT2D eigenvalue weighted by atomic mass is 9.99. The van der Waals surface area contributed by atoms with Crippen LogP contribution in [-0.4, -0.2) is 23.1 Å². The van der Waals surface area contributed by atoms with Crippen molar-refractivity contribution < 1.29 is 0 Å². The molecule has 0 unspecified atom stereocenters. The number of piperidine rings is 1. The van der Waals surface area contributed by atoms with E-state index in [2.05, 4.69) is 75.6 Å². The Hall–Kier alpha value is -2.88. The Balaban J connectivity index is 1.49. The molecule has 1 aliphatic rings. The van der Waals surface area contributed by atoms with E-state index in [-0.39, 0.29) is 0 Å². The van der Waals surface area contributed by atoms with E-state index in [1.165, 1.54) is 24.0 Å². The van der Waals surface area contributed by atoms with Crippen molar-refractivity contribution in [3.05, 3.63) is 72.6 Å². The minimum atomic E-state index is 0.769. The van der Waals surface area contributed by atoms with Gasteiger partial charge in [0.15, 0.2) is 0 Å². The first kappa shape index (κ1) is 17.5. The number of rotatable bonds is 5. The maximum absolute atomic E-state index is 4.61. The summed E-state index contributed by atoms with van der Waals surface area (Å²) in [5.41, 5.74) is 3.59. The average Bonchev–Trinajstić information content (AvgIpc) is 2.74. The van der Waals surface area contributed by atoms with Crippen LogP contribution in [0, 0.1) is 5.92 Å². The first-order chi connectivity index (χ1) is 13.3. The van der Waals surface area contributed by atoms with Crippen molar-refractivity contribution in [1.29, 1.82) is 0 Å². The predicted octanol–water partition coefficient (Wildman–Crippen LogP) is 4.99. The molecule has 0 bridgehead atoms. The number of hydrogen-bond acceptors (Lipinski definition) is 4. The number of nitrogens with one attached hydrogen (secondary N) is 1. The van der Waals surface area contributed by atoms with Crippen LogP contribution in [0.15, 0.2) is 67.0 Å². The molecule has 1 fully saturated rings. The van der Waals surface area contributed by atoms with Gasteiger partial charge in [-0.2, -0.15) is 0 Å². The summed E-state index contributed by atoms with van der Waals surface area (Å²) in [5, 5.41) is 3.42. The largest absolute Gasteiger partial charge is 0.366 e. The van der Waals surface area contributed by atoms with E-state index in [1.807, 2.05) is 18.5 Å². The highest BCUT2D eigenvalue weighted by Crippen LogP contribution is 2.27. The van der Waals surface area contributed by atoms with E-state index >= 15 is 0 Å². The molecule has 1 aliphatic heterocycles. The molecule has 0 aliphatic carbocycles. The van der Waals surface area contributed by atoms with Crippen LogP contribution < -0.4 is 10.2 Å². The van der Waals surface area contributed by atoms with Gasteiger partial charge in [-0.1, -0.05) is 37.3 Å². The quantitative estimate of drug-likeness (QED) is 0.697. The van der Waals surface area contributed by atoms with Gasteiger partial charge < -0.3 is 10.2 Å². The van der Waals surface area contributed by atoms with Gasteiger partial charge in [-0.3, -0.25) is 0 Å². The van der Waals surface area contributed by atoms with E-state index < -0.39 is 0 Å². The van der Waals surface area contributed by atoms with Crippen molar-refractivity contribution in [2.75, 3.05) is 23.3 Å². The fraction of sp³-hybridized carbons (Fsp3) is 0.304. The van der Waals surface area contributed by atoms with Crippen molar-refractivity contribution in [3.63, 3.8) is 0 Å². The van der Waals surface area contributed by atoms with E-state index in [4.69, 9.17) is 0 Å². The smallest absolute Gasteiger partial charge is 0.129 e. The van der Waals surface area contributed by atoms with Gasteiger partial charge in [-0.05, 0) is 59.7 Å². The van der Waals surface area contributed by atoms with Gasteiger partial charge in [0.05, 0.1) is 0 Å². The first-order valence-electron chi connectivity index (χ1n) is 9.73. The molecule has 2 aromatic heterocycles. The van der Waals surface area contributed by atoms with Crippen LogP contribution in [0.4, 0.5) is 11.6 Å². The van der Waals surface area contributed by atoms with Crippen molar-refractivity contribution in [3.8, 4) is 11.1 Å². The Morgan fingerprint density at radius 1 is 0.926 bits per heavy atom. The molecule has 3 aromatic rings. The van der Waals surface area contributed by atoms with Crippen LogP contribution in [0.1, 0.15) is 25.3 Å². The van der Waals surface area contributed by atoms with Crippen LogP contribution in [-0.2, 0) is 6.54 Å². The lowest BCUT2D eigenvalue weighted by Crippen LogP contribution is -2.33. The Morgan fingerprint density at radius 3 is 2.41 bits per heavy atom. The Kier molecular flexibility index (Phi) is 5.33. The Morgan fingerprint density at radius 2 is 1.63 bits per heavy atom. The van der Waals surface area contributed by atoms with E-state index in [9.17, 15) is 0 Å². The molecule has 0 radical (unpaired) electrons. The van der Waals surface area contributed by atoms with Crippen LogP contribution in [0.2, 0.25) is 0 Å². The minimum Gasteiger partial charge on any atom is -0.366 e. The number of nitrogens with zero attached hydrogens (tertiary/aromatic N) is 3. The third-order valence-corrected chi connectivity index (χ3v) is 5.26. The zero-order valence-corrected chi connectivity index (χ0v) is 15.8. The van der Waals surface area contributed by atoms with Crippen LogP contribution in [0.25, 0.3) is 11.1 Å². The molecule has 27 heavy (non-hydrogen) atoms. The Bertz CT molecular complexity index is 870. The number of hydrogen-bond donors (Lipinski definition) is 1. The molecule has 0 saturated carbocycles. The van der Waals surface area contributed by atoms with Gasteiger partial charge in [0, 0.05) is 32.0 Å². The summed E-state index contributed by atoms with van der Waals surface area (Å²) in [4.78, 5) is 11.5. The molecule has 4 heteroatoms. The number of pyridine rings is 2. The topological polar surface area (TPSA) is 41.1 Å². The highest BCUT2D eigenvalue weighted by atomic mass is 15.2. The SMILES string of the molecule is CC1CCN(c2cc(-c3ccnc(NCc4ccccc4)c3)ccn2)CC1. The van der Waals surface area contributed by atoms with Gasteiger partial charge in [0.25, 0.3) is 0 Å². The van der Waals surface area contributed by atoms with E-state index in [0.29, 0.717) is 0 Å². The molecule has 3 heterocycles. The Labute approximate surface area is 161 Å². The van der Waals surface area contributed by atoms with E-state index in [0.717, 1.165) is 42.8 Å². The average molecular weight is 358 g/mol. The molecule has 138 valence electrons. The van der Waals surface area contributed by atoms with E-state index in [1.54, 1.807) is 0 Å². The lowest BCUT2D eigenvalue weighted by molar-refractivity contribution is 0.436. The summed E-state index contributed by atoms with van der Waals surface area (Å²) >= 11 is 0. The molecule has 1 aromatic carbocycles. The first-order valence-corrected chi connectivity index (χ1v) is 9.73. The van der Waals surface area contributed by atoms with Crippen molar-refractivity contribution in [2.24, 2.45) is 5.92 Å².